The molecule has 0 N–H and O–H groups in total. The molecule has 0 saturated carbocycles. The van der Waals surface area contributed by atoms with Gasteiger partial charge in [-0.2, -0.15) is 0 Å². The zero-order valence-electron chi connectivity index (χ0n) is 15.8. The molecule has 0 unspecified atom stereocenters. The van der Waals surface area contributed by atoms with E-state index >= 15 is 0 Å². The number of hydrogen-bond donors (Lipinski definition) is 0. The molecule has 0 aliphatic carbocycles. The minimum atomic E-state index is -0.0544. The van der Waals surface area contributed by atoms with E-state index in [2.05, 4.69) is 9.97 Å². The summed E-state index contributed by atoms with van der Waals surface area (Å²) in [6.07, 6.45) is 3.48. The highest BCUT2D eigenvalue weighted by Gasteiger charge is 2.18. The molecule has 0 saturated heterocycles. The van der Waals surface area contributed by atoms with E-state index < -0.39 is 0 Å². The van der Waals surface area contributed by atoms with Gasteiger partial charge >= 0.3 is 0 Å². The van der Waals surface area contributed by atoms with Crippen LogP contribution in [0.3, 0.4) is 0 Å². The number of amides is 1. The van der Waals surface area contributed by atoms with Gasteiger partial charge in [0.05, 0.1) is 35.9 Å². The van der Waals surface area contributed by atoms with Crippen LogP contribution < -0.4 is 0 Å². The third kappa shape index (κ3) is 4.71. The van der Waals surface area contributed by atoms with Crippen LogP contribution in [0.5, 0.6) is 0 Å². The van der Waals surface area contributed by atoms with Crippen molar-refractivity contribution in [1.82, 2.24) is 19.9 Å². The van der Waals surface area contributed by atoms with Crippen LogP contribution >= 0.6 is 0 Å². The average Bonchev–Trinajstić information content (AvgIpc) is 2.80. The van der Waals surface area contributed by atoms with Gasteiger partial charge in [-0.1, -0.05) is 36.4 Å². The zero-order valence-corrected chi connectivity index (χ0v) is 15.8. The van der Waals surface area contributed by atoms with E-state index in [1.807, 2.05) is 84.9 Å². The van der Waals surface area contributed by atoms with Gasteiger partial charge in [0.25, 0.3) is 5.91 Å². The topological polar surface area (TPSA) is 59.0 Å². The summed E-state index contributed by atoms with van der Waals surface area (Å²) in [6.45, 7) is 0.787. The van der Waals surface area contributed by atoms with Crippen LogP contribution in [-0.2, 0) is 13.1 Å². The normalized spacial score (nSPS) is 10.5. The van der Waals surface area contributed by atoms with E-state index in [-0.39, 0.29) is 5.91 Å². The summed E-state index contributed by atoms with van der Waals surface area (Å²) >= 11 is 0. The Morgan fingerprint density at radius 2 is 1.31 bits per heavy atom. The second-order valence-electron chi connectivity index (χ2n) is 6.58. The third-order valence-electron chi connectivity index (χ3n) is 4.47. The van der Waals surface area contributed by atoms with Gasteiger partial charge in [0.1, 0.15) is 0 Å². The predicted octanol–water partition coefficient (Wildman–Crippen LogP) is 4.38. The first-order valence-electron chi connectivity index (χ1n) is 9.41. The molecule has 0 aliphatic rings. The van der Waals surface area contributed by atoms with Crippen LogP contribution in [0.4, 0.5) is 0 Å². The van der Waals surface area contributed by atoms with Crippen molar-refractivity contribution < 1.29 is 4.79 Å². The van der Waals surface area contributed by atoms with E-state index in [1.165, 1.54) is 0 Å². The first kappa shape index (κ1) is 18.5. The van der Waals surface area contributed by atoms with Crippen molar-refractivity contribution in [3.05, 3.63) is 114 Å². The minimum absolute atomic E-state index is 0.0544. The first-order valence-corrected chi connectivity index (χ1v) is 9.41. The molecule has 29 heavy (non-hydrogen) atoms. The summed E-state index contributed by atoms with van der Waals surface area (Å²) in [5, 5.41) is 0. The molecule has 0 atom stereocenters. The van der Waals surface area contributed by atoms with Crippen molar-refractivity contribution in [2.24, 2.45) is 0 Å². The Morgan fingerprint density at radius 3 is 2.03 bits per heavy atom. The maximum absolute atomic E-state index is 13.2. The zero-order chi connectivity index (χ0) is 19.9. The Morgan fingerprint density at radius 1 is 0.655 bits per heavy atom. The van der Waals surface area contributed by atoms with Crippen LogP contribution in [0, 0.1) is 0 Å². The molecule has 5 nitrogen and oxygen atoms in total. The van der Waals surface area contributed by atoms with E-state index in [4.69, 9.17) is 4.98 Å². The Labute approximate surface area is 169 Å². The lowest BCUT2D eigenvalue weighted by Crippen LogP contribution is -2.30. The second-order valence-corrected chi connectivity index (χ2v) is 6.58. The van der Waals surface area contributed by atoms with Gasteiger partial charge in [-0.05, 0) is 48.5 Å². The van der Waals surface area contributed by atoms with Crippen molar-refractivity contribution in [3.63, 3.8) is 0 Å². The predicted molar refractivity (Wildman–Crippen MR) is 112 cm³/mol. The Balaban J connectivity index is 1.62. The molecule has 4 aromatic rings. The molecule has 1 amide bonds. The van der Waals surface area contributed by atoms with Gasteiger partial charge < -0.3 is 4.90 Å². The number of pyridine rings is 3. The van der Waals surface area contributed by atoms with Gasteiger partial charge in [0, 0.05) is 18.0 Å². The Kier molecular flexibility index (Phi) is 5.67. The number of carbonyl (C=O) groups is 1. The van der Waals surface area contributed by atoms with E-state index in [0.29, 0.717) is 18.7 Å². The number of hydrogen-bond acceptors (Lipinski definition) is 4. The Hall–Kier alpha value is -3.86. The molecular weight excluding hydrogens is 360 g/mol. The fourth-order valence-electron chi connectivity index (χ4n) is 3.07. The summed E-state index contributed by atoms with van der Waals surface area (Å²) in [6, 6.07) is 26.5. The maximum Gasteiger partial charge on any atom is 0.254 e. The number of nitrogens with zero attached hydrogens (tertiary/aromatic N) is 4. The quantitative estimate of drug-likeness (QED) is 0.498. The van der Waals surface area contributed by atoms with E-state index in [1.54, 1.807) is 17.3 Å². The standard InChI is InChI=1S/C24H20N4O/c29-24(19-9-2-1-3-10-19)28(17-20-11-4-6-15-25-20)18-21-12-8-14-23(27-21)22-13-5-7-16-26-22/h1-16H,17-18H2. The molecule has 0 spiro atoms. The van der Waals surface area contributed by atoms with Crippen molar-refractivity contribution in [2.45, 2.75) is 13.1 Å². The van der Waals surface area contributed by atoms with Gasteiger partial charge in [0.15, 0.2) is 0 Å². The second kappa shape index (κ2) is 8.89. The fourth-order valence-corrected chi connectivity index (χ4v) is 3.07. The SMILES string of the molecule is O=C(c1ccccc1)N(Cc1ccccn1)Cc1cccc(-c2ccccn2)n1. The number of rotatable bonds is 6. The largest absolute Gasteiger partial charge is 0.327 e. The van der Waals surface area contributed by atoms with Crippen LogP contribution in [0.2, 0.25) is 0 Å². The summed E-state index contributed by atoms with van der Waals surface area (Å²) in [7, 11) is 0. The van der Waals surface area contributed by atoms with Crippen LogP contribution in [0.15, 0.2) is 97.3 Å². The van der Waals surface area contributed by atoms with Crippen molar-refractivity contribution in [1.29, 1.82) is 0 Å². The lowest BCUT2D eigenvalue weighted by Gasteiger charge is -2.22. The molecule has 3 heterocycles. The smallest absolute Gasteiger partial charge is 0.254 e. The summed E-state index contributed by atoms with van der Waals surface area (Å²) in [4.78, 5) is 28.4. The summed E-state index contributed by atoms with van der Waals surface area (Å²) < 4.78 is 0. The molecule has 0 fully saturated rings. The summed E-state index contributed by atoms with van der Waals surface area (Å²) in [5.74, 6) is -0.0544. The lowest BCUT2D eigenvalue weighted by atomic mass is 10.1. The minimum Gasteiger partial charge on any atom is -0.327 e. The van der Waals surface area contributed by atoms with E-state index in [0.717, 1.165) is 22.8 Å². The molecule has 0 aliphatic heterocycles. The van der Waals surface area contributed by atoms with Crippen molar-refractivity contribution in [2.75, 3.05) is 0 Å². The van der Waals surface area contributed by atoms with Gasteiger partial charge in [-0.15, -0.1) is 0 Å². The summed E-state index contributed by atoms with van der Waals surface area (Å²) in [5.41, 5.74) is 3.86. The molecule has 142 valence electrons. The maximum atomic E-state index is 13.2. The fraction of sp³-hybridized carbons (Fsp3) is 0.0833. The first-order chi connectivity index (χ1) is 14.3. The van der Waals surface area contributed by atoms with Crippen molar-refractivity contribution >= 4 is 5.91 Å². The number of carbonyl (C=O) groups excluding carboxylic acids is 1. The molecule has 0 radical (unpaired) electrons. The molecule has 5 heteroatoms. The van der Waals surface area contributed by atoms with E-state index in [9.17, 15) is 4.79 Å². The highest BCUT2D eigenvalue weighted by atomic mass is 16.2. The molecule has 1 aromatic carbocycles. The third-order valence-corrected chi connectivity index (χ3v) is 4.47. The molecular formula is C24H20N4O. The van der Waals surface area contributed by atoms with Gasteiger partial charge in [-0.25, -0.2) is 4.98 Å². The molecule has 0 bridgehead atoms. The van der Waals surface area contributed by atoms with Gasteiger partial charge in [-0.3, -0.25) is 14.8 Å². The number of aromatic nitrogens is 3. The monoisotopic (exact) mass is 380 g/mol. The number of benzene rings is 1. The van der Waals surface area contributed by atoms with Crippen molar-refractivity contribution in [3.8, 4) is 11.4 Å². The average molecular weight is 380 g/mol. The highest BCUT2D eigenvalue weighted by Crippen LogP contribution is 2.17. The van der Waals surface area contributed by atoms with Crippen LogP contribution in [-0.4, -0.2) is 25.8 Å². The molecule has 4 rings (SSSR count). The van der Waals surface area contributed by atoms with Crippen LogP contribution in [0.25, 0.3) is 11.4 Å². The van der Waals surface area contributed by atoms with Gasteiger partial charge in [0.2, 0.25) is 0 Å². The molecule has 3 aromatic heterocycles. The van der Waals surface area contributed by atoms with Crippen LogP contribution in [0.1, 0.15) is 21.7 Å². The Bertz CT molecular complexity index is 1070. The lowest BCUT2D eigenvalue weighted by molar-refractivity contribution is 0.0725. The highest BCUT2D eigenvalue weighted by molar-refractivity contribution is 5.94.